The van der Waals surface area contributed by atoms with Crippen LogP contribution in [0.5, 0.6) is 0 Å². The van der Waals surface area contributed by atoms with E-state index in [1.54, 1.807) is 4.68 Å². The zero-order valence-corrected chi connectivity index (χ0v) is 12.8. The van der Waals surface area contributed by atoms with E-state index in [2.05, 4.69) is 30.8 Å². The lowest BCUT2D eigenvalue weighted by Gasteiger charge is -2.11. The summed E-state index contributed by atoms with van der Waals surface area (Å²) >= 11 is 0. The summed E-state index contributed by atoms with van der Waals surface area (Å²) in [6.07, 6.45) is 1.15. The van der Waals surface area contributed by atoms with E-state index in [1.165, 1.54) is 0 Å². The fraction of sp³-hybridized carbons (Fsp3) is 0.643. The van der Waals surface area contributed by atoms with Crippen molar-refractivity contribution in [3.8, 4) is 0 Å². The van der Waals surface area contributed by atoms with Gasteiger partial charge in [0.15, 0.2) is 0 Å². The number of nitrogens with one attached hydrogen (secondary N) is 1. The monoisotopic (exact) mass is 280 g/mol. The fourth-order valence-electron chi connectivity index (χ4n) is 2.09. The average Bonchev–Trinajstić information content (AvgIpc) is 2.73. The molecule has 0 aliphatic heterocycles. The molecule has 0 saturated carbocycles. The molecule has 0 aromatic carbocycles. The van der Waals surface area contributed by atoms with E-state index in [-0.39, 0.29) is 10.6 Å². The van der Waals surface area contributed by atoms with Crippen molar-refractivity contribution in [2.75, 3.05) is 6.54 Å². The van der Waals surface area contributed by atoms with Crippen molar-refractivity contribution in [3.05, 3.63) is 33.7 Å². The highest BCUT2D eigenvalue weighted by Gasteiger charge is 2.25. The van der Waals surface area contributed by atoms with Crippen LogP contribution in [0.4, 0.5) is 5.69 Å². The fourth-order valence-corrected chi connectivity index (χ4v) is 2.09. The third kappa shape index (κ3) is 3.90. The van der Waals surface area contributed by atoms with Gasteiger partial charge in [0.2, 0.25) is 0 Å². The number of hydrogen-bond acceptors (Lipinski definition) is 4. The summed E-state index contributed by atoms with van der Waals surface area (Å²) in [5.41, 5.74) is 2.36. The summed E-state index contributed by atoms with van der Waals surface area (Å²) in [4.78, 5) is 10.9. The third-order valence-corrected chi connectivity index (χ3v) is 3.09. The second kappa shape index (κ2) is 7.19. The molecule has 0 bridgehead atoms. The van der Waals surface area contributed by atoms with Gasteiger partial charge in [0.05, 0.1) is 11.5 Å². The maximum Gasteiger partial charge on any atom is 0.313 e. The maximum absolute atomic E-state index is 11.2. The molecule has 0 spiro atoms. The van der Waals surface area contributed by atoms with Gasteiger partial charge in [-0.15, -0.1) is 0 Å². The highest BCUT2D eigenvalue weighted by Crippen LogP contribution is 2.25. The average molecular weight is 280 g/mol. The zero-order chi connectivity index (χ0) is 15.3. The van der Waals surface area contributed by atoms with E-state index < -0.39 is 0 Å². The highest BCUT2D eigenvalue weighted by molar-refractivity contribution is 5.41. The Morgan fingerprint density at radius 2 is 2.10 bits per heavy atom. The molecule has 0 atom stereocenters. The Labute approximate surface area is 120 Å². The molecule has 1 aromatic heterocycles. The maximum atomic E-state index is 11.2. The number of rotatable bonds is 8. The van der Waals surface area contributed by atoms with Gasteiger partial charge in [-0.3, -0.25) is 14.8 Å². The van der Waals surface area contributed by atoms with Crippen LogP contribution in [0.25, 0.3) is 0 Å². The van der Waals surface area contributed by atoms with Crippen molar-refractivity contribution in [1.82, 2.24) is 15.1 Å². The van der Waals surface area contributed by atoms with Crippen LogP contribution in [0.15, 0.2) is 12.2 Å². The molecular weight excluding hydrogens is 256 g/mol. The van der Waals surface area contributed by atoms with Crippen molar-refractivity contribution in [2.45, 2.75) is 53.1 Å². The lowest BCUT2D eigenvalue weighted by Crippen LogP contribution is -2.26. The predicted molar refractivity (Wildman–Crippen MR) is 79.9 cm³/mol. The van der Waals surface area contributed by atoms with Crippen molar-refractivity contribution in [1.29, 1.82) is 0 Å². The molecule has 1 N–H and O–H groups in total. The van der Waals surface area contributed by atoms with Gasteiger partial charge >= 0.3 is 5.69 Å². The van der Waals surface area contributed by atoms with Crippen LogP contribution in [0, 0.1) is 10.1 Å². The second-order valence-corrected chi connectivity index (χ2v) is 5.15. The zero-order valence-electron chi connectivity index (χ0n) is 12.8. The van der Waals surface area contributed by atoms with Gasteiger partial charge in [-0.1, -0.05) is 34.3 Å². The van der Waals surface area contributed by atoms with Crippen molar-refractivity contribution in [3.63, 3.8) is 0 Å². The molecule has 0 saturated heterocycles. The van der Waals surface area contributed by atoms with E-state index >= 15 is 0 Å². The summed E-state index contributed by atoms with van der Waals surface area (Å²) < 4.78 is 1.72. The first-order valence-corrected chi connectivity index (χ1v) is 7.03. The first-order valence-electron chi connectivity index (χ1n) is 7.03. The van der Waals surface area contributed by atoms with E-state index in [0.717, 1.165) is 5.57 Å². The lowest BCUT2D eigenvalue weighted by atomic mass is 10.2. The van der Waals surface area contributed by atoms with E-state index in [1.807, 2.05) is 13.8 Å². The van der Waals surface area contributed by atoms with Gasteiger partial charge in [-0.25, -0.2) is 0 Å². The number of aromatic nitrogens is 2. The topological polar surface area (TPSA) is 73.0 Å². The minimum Gasteiger partial charge on any atom is -0.311 e. The van der Waals surface area contributed by atoms with Gasteiger partial charge in [0, 0.05) is 12.6 Å². The van der Waals surface area contributed by atoms with Crippen LogP contribution >= 0.6 is 0 Å². The predicted octanol–water partition coefficient (Wildman–Crippen LogP) is 2.47. The number of nitrogens with zero attached hydrogens (tertiary/aromatic N) is 3. The van der Waals surface area contributed by atoms with Gasteiger partial charge in [-0.05, 0) is 18.4 Å². The SMILES string of the molecule is C=C(CNC(C)C)Cn1nc(CC)c([N+](=O)[O-])c1CC. The first kappa shape index (κ1) is 16.4. The largest absolute Gasteiger partial charge is 0.313 e. The van der Waals surface area contributed by atoms with E-state index in [4.69, 9.17) is 0 Å². The van der Waals surface area contributed by atoms with Crippen molar-refractivity contribution in [2.24, 2.45) is 0 Å². The molecule has 1 aromatic rings. The Hall–Kier alpha value is -1.69. The number of aryl methyl sites for hydroxylation is 1. The van der Waals surface area contributed by atoms with E-state index in [9.17, 15) is 10.1 Å². The van der Waals surface area contributed by atoms with Crippen LogP contribution in [0.2, 0.25) is 0 Å². The third-order valence-electron chi connectivity index (χ3n) is 3.09. The quantitative estimate of drug-likeness (QED) is 0.451. The molecular formula is C14H24N4O2. The highest BCUT2D eigenvalue weighted by atomic mass is 16.6. The molecule has 6 nitrogen and oxygen atoms in total. The Kier molecular flexibility index (Phi) is 5.88. The van der Waals surface area contributed by atoms with Crippen LogP contribution < -0.4 is 5.32 Å². The second-order valence-electron chi connectivity index (χ2n) is 5.15. The summed E-state index contributed by atoms with van der Waals surface area (Å²) in [5.74, 6) is 0. The lowest BCUT2D eigenvalue weighted by molar-refractivity contribution is -0.386. The van der Waals surface area contributed by atoms with E-state index in [0.29, 0.717) is 43.4 Å². The van der Waals surface area contributed by atoms with Crippen molar-refractivity contribution < 1.29 is 4.92 Å². The van der Waals surface area contributed by atoms with Crippen LogP contribution in [0.1, 0.15) is 39.1 Å². The van der Waals surface area contributed by atoms with Crippen LogP contribution in [-0.4, -0.2) is 27.3 Å². The molecule has 0 amide bonds. The summed E-state index contributed by atoms with van der Waals surface area (Å²) in [5, 5.41) is 18.9. The van der Waals surface area contributed by atoms with Crippen molar-refractivity contribution >= 4 is 5.69 Å². The standard InChI is InChI=1S/C14H24N4O2/c1-6-12-14(18(19)20)13(7-2)17(16-12)9-11(5)8-15-10(3)4/h10,15H,5-9H2,1-4H3. The first-order chi connectivity index (χ1) is 9.40. The van der Waals surface area contributed by atoms with Gasteiger partial charge < -0.3 is 5.32 Å². The molecule has 0 unspecified atom stereocenters. The molecule has 112 valence electrons. The Bertz CT molecular complexity index is 492. The smallest absolute Gasteiger partial charge is 0.311 e. The molecule has 0 aliphatic carbocycles. The minimum absolute atomic E-state index is 0.166. The molecule has 20 heavy (non-hydrogen) atoms. The molecule has 0 fully saturated rings. The van der Waals surface area contributed by atoms with Gasteiger partial charge in [0.1, 0.15) is 11.4 Å². The molecule has 1 heterocycles. The number of hydrogen-bond donors (Lipinski definition) is 1. The van der Waals surface area contributed by atoms with Crippen LogP contribution in [-0.2, 0) is 19.4 Å². The molecule has 6 heteroatoms. The molecule has 1 rings (SSSR count). The normalized spacial score (nSPS) is 11.1. The minimum atomic E-state index is -0.323. The Morgan fingerprint density at radius 3 is 2.55 bits per heavy atom. The van der Waals surface area contributed by atoms with Crippen LogP contribution in [0.3, 0.4) is 0 Å². The Balaban J connectivity index is 2.95. The summed E-state index contributed by atoms with van der Waals surface area (Å²) in [7, 11) is 0. The number of nitro groups is 1. The summed E-state index contributed by atoms with van der Waals surface area (Å²) in [6, 6.07) is 0.385. The molecule has 0 radical (unpaired) electrons. The van der Waals surface area contributed by atoms with Gasteiger partial charge in [-0.2, -0.15) is 5.10 Å². The van der Waals surface area contributed by atoms with Gasteiger partial charge in [0.25, 0.3) is 0 Å². The Morgan fingerprint density at radius 1 is 1.45 bits per heavy atom. The summed E-state index contributed by atoms with van der Waals surface area (Å²) in [6.45, 7) is 13.2. The molecule has 0 aliphatic rings.